The van der Waals surface area contributed by atoms with E-state index in [2.05, 4.69) is 31.0 Å². The second kappa shape index (κ2) is 6.80. The summed E-state index contributed by atoms with van der Waals surface area (Å²) in [4.78, 5) is 26.7. The monoisotopic (exact) mass is 322 g/mol. The molecule has 2 heterocycles. The molecule has 2 saturated heterocycles. The van der Waals surface area contributed by atoms with Crippen molar-refractivity contribution in [3.63, 3.8) is 0 Å². The molecule has 1 aliphatic carbocycles. The van der Waals surface area contributed by atoms with Gasteiger partial charge in [0.1, 0.15) is 0 Å². The van der Waals surface area contributed by atoms with Gasteiger partial charge in [-0.05, 0) is 50.9 Å². The molecule has 5 heteroatoms. The lowest BCUT2D eigenvalue weighted by atomic mass is 9.88. The topological polar surface area (TPSA) is 58.6 Å². The molecule has 5 nitrogen and oxygen atoms in total. The first-order valence-corrected chi connectivity index (χ1v) is 9.15. The van der Waals surface area contributed by atoms with E-state index in [1.54, 1.807) is 0 Å². The Kier molecular flexibility index (Phi) is 4.95. The van der Waals surface area contributed by atoms with Gasteiger partial charge in [-0.25, -0.2) is 0 Å². The van der Waals surface area contributed by atoms with Gasteiger partial charge < -0.3 is 15.0 Å². The summed E-state index contributed by atoms with van der Waals surface area (Å²) in [5.41, 5.74) is 0. The highest BCUT2D eigenvalue weighted by Crippen LogP contribution is 2.46. The second-order valence-corrected chi connectivity index (χ2v) is 7.84. The SMILES string of the molecule is CC(C)N1C(=O)C[C@H]2[C@H](CNC(=O)C3CCOCC3)[C@@H](C)C[C@H]21. The molecular weight excluding hydrogens is 292 g/mol. The van der Waals surface area contributed by atoms with Gasteiger partial charge in [0.2, 0.25) is 11.8 Å². The molecule has 0 spiro atoms. The summed E-state index contributed by atoms with van der Waals surface area (Å²) in [7, 11) is 0. The van der Waals surface area contributed by atoms with E-state index in [-0.39, 0.29) is 17.9 Å². The predicted octanol–water partition coefficient (Wildman–Crippen LogP) is 1.81. The number of hydrogen-bond donors (Lipinski definition) is 1. The Morgan fingerprint density at radius 1 is 1.35 bits per heavy atom. The first-order chi connectivity index (χ1) is 11.0. The molecule has 0 unspecified atom stereocenters. The average molecular weight is 322 g/mol. The van der Waals surface area contributed by atoms with Gasteiger partial charge in [0.15, 0.2) is 0 Å². The molecule has 0 bridgehead atoms. The molecular formula is C18H30N2O3. The standard InChI is InChI=1S/C18H30N2O3/c1-11(2)20-16-8-12(3)15(14(16)9-17(20)21)10-19-18(22)13-4-6-23-7-5-13/h11-16H,4-10H2,1-3H3,(H,19,22)/t12-,14-,15+,16+/m0/s1. The van der Waals surface area contributed by atoms with Gasteiger partial charge in [0, 0.05) is 44.2 Å². The van der Waals surface area contributed by atoms with Crippen LogP contribution in [-0.4, -0.2) is 48.6 Å². The number of nitrogens with one attached hydrogen (secondary N) is 1. The van der Waals surface area contributed by atoms with Crippen LogP contribution >= 0.6 is 0 Å². The zero-order valence-corrected chi connectivity index (χ0v) is 14.6. The Labute approximate surface area is 139 Å². The van der Waals surface area contributed by atoms with E-state index < -0.39 is 0 Å². The van der Waals surface area contributed by atoms with Crippen molar-refractivity contribution in [3.05, 3.63) is 0 Å². The first kappa shape index (κ1) is 16.7. The number of hydrogen-bond acceptors (Lipinski definition) is 3. The molecule has 130 valence electrons. The van der Waals surface area contributed by atoms with Crippen molar-refractivity contribution in [2.45, 2.75) is 58.5 Å². The van der Waals surface area contributed by atoms with Crippen molar-refractivity contribution in [2.24, 2.45) is 23.7 Å². The smallest absolute Gasteiger partial charge is 0.223 e. The predicted molar refractivity (Wildman–Crippen MR) is 87.7 cm³/mol. The highest BCUT2D eigenvalue weighted by molar-refractivity contribution is 5.80. The average Bonchev–Trinajstić information content (AvgIpc) is 2.98. The zero-order valence-electron chi connectivity index (χ0n) is 14.6. The third-order valence-corrected chi connectivity index (χ3v) is 6.10. The lowest BCUT2D eigenvalue weighted by Crippen LogP contribution is -2.40. The lowest BCUT2D eigenvalue weighted by Gasteiger charge is -2.28. The van der Waals surface area contributed by atoms with Crippen molar-refractivity contribution < 1.29 is 14.3 Å². The van der Waals surface area contributed by atoms with Crippen molar-refractivity contribution >= 4 is 11.8 Å². The molecule has 23 heavy (non-hydrogen) atoms. The quantitative estimate of drug-likeness (QED) is 0.859. The molecule has 2 aliphatic heterocycles. The molecule has 4 atom stereocenters. The fraction of sp³-hybridized carbons (Fsp3) is 0.889. The molecule has 0 radical (unpaired) electrons. The highest BCUT2D eigenvalue weighted by atomic mass is 16.5. The summed E-state index contributed by atoms with van der Waals surface area (Å²) in [5.74, 6) is 1.98. The molecule has 0 aromatic rings. The summed E-state index contributed by atoms with van der Waals surface area (Å²) in [6, 6.07) is 0.655. The van der Waals surface area contributed by atoms with Crippen LogP contribution in [-0.2, 0) is 14.3 Å². The van der Waals surface area contributed by atoms with Crippen LogP contribution in [0.3, 0.4) is 0 Å². The number of rotatable bonds is 4. The van der Waals surface area contributed by atoms with E-state index in [0.29, 0.717) is 49.3 Å². The van der Waals surface area contributed by atoms with Crippen LogP contribution in [0.4, 0.5) is 0 Å². The number of amides is 2. The van der Waals surface area contributed by atoms with Crippen molar-refractivity contribution in [1.82, 2.24) is 10.2 Å². The van der Waals surface area contributed by atoms with E-state index in [4.69, 9.17) is 4.74 Å². The molecule has 0 aromatic heterocycles. The molecule has 3 aliphatic rings. The summed E-state index contributed by atoms with van der Waals surface area (Å²) in [5, 5.41) is 3.17. The van der Waals surface area contributed by atoms with Crippen LogP contribution in [0, 0.1) is 23.7 Å². The Morgan fingerprint density at radius 2 is 2.04 bits per heavy atom. The van der Waals surface area contributed by atoms with Gasteiger partial charge in [-0.1, -0.05) is 6.92 Å². The Balaban J connectivity index is 1.58. The van der Waals surface area contributed by atoms with E-state index in [9.17, 15) is 9.59 Å². The summed E-state index contributed by atoms with van der Waals surface area (Å²) >= 11 is 0. The van der Waals surface area contributed by atoms with Gasteiger partial charge in [0.25, 0.3) is 0 Å². The van der Waals surface area contributed by atoms with E-state index in [1.807, 2.05) is 0 Å². The molecule has 1 N–H and O–H groups in total. The number of carbonyl (C=O) groups is 2. The van der Waals surface area contributed by atoms with Gasteiger partial charge in [-0.3, -0.25) is 9.59 Å². The molecule has 2 amide bonds. The minimum Gasteiger partial charge on any atom is -0.381 e. The second-order valence-electron chi connectivity index (χ2n) is 7.84. The van der Waals surface area contributed by atoms with Gasteiger partial charge >= 0.3 is 0 Å². The highest BCUT2D eigenvalue weighted by Gasteiger charge is 2.51. The van der Waals surface area contributed by atoms with Crippen LogP contribution in [0.1, 0.15) is 46.5 Å². The van der Waals surface area contributed by atoms with Gasteiger partial charge in [-0.15, -0.1) is 0 Å². The normalized spacial score (nSPS) is 35.0. The van der Waals surface area contributed by atoms with Crippen molar-refractivity contribution in [3.8, 4) is 0 Å². The van der Waals surface area contributed by atoms with E-state index >= 15 is 0 Å². The minimum absolute atomic E-state index is 0.105. The fourth-order valence-electron chi connectivity index (χ4n) is 4.88. The minimum atomic E-state index is 0.105. The first-order valence-electron chi connectivity index (χ1n) is 9.15. The maximum atomic E-state index is 12.3. The van der Waals surface area contributed by atoms with Crippen molar-refractivity contribution in [1.29, 1.82) is 0 Å². The molecule has 1 saturated carbocycles. The van der Waals surface area contributed by atoms with E-state index in [1.165, 1.54) is 0 Å². The number of ether oxygens (including phenoxy) is 1. The number of carbonyl (C=O) groups excluding carboxylic acids is 2. The summed E-state index contributed by atoms with van der Waals surface area (Å²) in [6.07, 6.45) is 3.40. The van der Waals surface area contributed by atoms with E-state index in [0.717, 1.165) is 25.8 Å². The van der Waals surface area contributed by atoms with Gasteiger partial charge in [0.05, 0.1) is 0 Å². The maximum absolute atomic E-state index is 12.3. The zero-order chi connectivity index (χ0) is 16.6. The Hall–Kier alpha value is -1.10. The van der Waals surface area contributed by atoms with Gasteiger partial charge in [-0.2, -0.15) is 0 Å². The Bertz CT molecular complexity index is 459. The van der Waals surface area contributed by atoms with Crippen LogP contribution in [0.25, 0.3) is 0 Å². The fourth-order valence-corrected chi connectivity index (χ4v) is 4.88. The molecule has 0 aromatic carbocycles. The lowest BCUT2D eigenvalue weighted by molar-refractivity contribution is -0.130. The number of likely N-dealkylation sites (tertiary alicyclic amines) is 1. The largest absolute Gasteiger partial charge is 0.381 e. The molecule has 3 rings (SSSR count). The number of fused-ring (bicyclic) bond motifs is 1. The molecule has 3 fully saturated rings. The number of nitrogens with zero attached hydrogens (tertiary/aromatic N) is 1. The summed E-state index contributed by atoms with van der Waals surface area (Å²) < 4.78 is 5.32. The Morgan fingerprint density at radius 3 is 2.70 bits per heavy atom. The van der Waals surface area contributed by atoms with Crippen LogP contribution < -0.4 is 5.32 Å². The van der Waals surface area contributed by atoms with Crippen LogP contribution in [0.5, 0.6) is 0 Å². The third-order valence-electron chi connectivity index (χ3n) is 6.10. The maximum Gasteiger partial charge on any atom is 0.223 e. The summed E-state index contributed by atoms with van der Waals surface area (Å²) in [6.45, 7) is 8.58. The third kappa shape index (κ3) is 3.25. The van der Waals surface area contributed by atoms with Crippen molar-refractivity contribution in [2.75, 3.05) is 19.8 Å². The van der Waals surface area contributed by atoms with Crippen LogP contribution in [0.2, 0.25) is 0 Å². The van der Waals surface area contributed by atoms with Crippen LogP contribution in [0.15, 0.2) is 0 Å².